The number of carbonyl (C=O) groups is 1. The first-order valence-corrected chi connectivity index (χ1v) is 15.1. The monoisotopic (exact) mass is 560 g/mol. The van der Waals surface area contributed by atoms with Gasteiger partial charge in [-0.3, -0.25) is 0 Å². The van der Waals surface area contributed by atoms with Crippen molar-refractivity contribution < 1.29 is 39.5 Å². The summed E-state index contributed by atoms with van der Waals surface area (Å²) >= 11 is 0. The maximum Gasteiger partial charge on any atom is 0.335 e. The predicted octanol–water partition coefficient (Wildman–Crippen LogP) is 2.05. The second-order valence-corrected chi connectivity index (χ2v) is 14.0. The fraction of sp³-hybridized carbons (Fsp3) is 0.806. The SMILES string of the molecule is C[C@@H]1O[C@@H]([C@H]2CC[C@]3(CC=O)[C@H]4CC[C@]5(C)[C@@H](c6ccc(=O)oc6)CC[C@]5(O)[C@@H]4CC[C@]3(O)C2)[C@H](O)[C@H](O)[C@H]1O. The van der Waals surface area contributed by atoms with Crippen LogP contribution in [0.3, 0.4) is 0 Å². The minimum absolute atomic E-state index is 0.0357. The molecule has 5 fully saturated rings. The number of rotatable bonds is 4. The molecule has 9 nitrogen and oxygen atoms in total. The number of ether oxygens (including phenoxy) is 1. The molecule has 2 heterocycles. The topological polar surface area (TPSA) is 158 Å². The van der Waals surface area contributed by atoms with Crippen LogP contribution in [-0.4, -0.2) is 73.5 Å². The lowest BCUT2D eigenvalue weighted by Crippen LogP contribution is -2.69. The van der Waals surface area contributed by atoms with Crippen LogP contribution in [0.2, 0.25) is 0 Å². The summed E-state index contributed by atoms with van der Waals surface area (Å²) in [6.07, 6.45) is 3.02. The van der Waals surface area contributed by atoms with Crippen molar-refractivity contribution in [2.45, 2.75) is 126 Å². The molecule has 1 aromatic rings. The zero-order valence-electron chi connectivity index (χ0n) is 23.4. The molecule has 4 saturated carbocycles. The van der Waals surface area contributed by atoms with Gasteiger partial charge in [0.25, 0.3) is 0 Å². The third-order valence-corrected chi connectivity index (χ3v) is 12.6. The van der Waals surface area contributed by atoms with Crippen LogP contribution in [0.5, 0.6) is 0 Å². The Hall–Kier alpha value is -1.62. The predicted molar refractivity (Wildman–Crippen MR) is 143 cm³/mol. The van der Waals surface area contributed by atoms with Crippen molar-refractivity contribution in [1.82, 2.24) is 0 Å². The van der Waals surface area contributed by atoms with E-state index in [9.17, 15) is 35.1 Å². The minimum Gasteiger partial charge on any atom is -0.431 e. The molecule has 222 valence electrons. The van der Waals surface area contributed by atoms with Crippen LogP contribution in [0.1, 0.15) is 89.5 Å². The van der Waals surface area contributed by atoms with Gasteiger partial charge < -0.3 is 39.5 Å². The van der Waals surface area contributed by atoms with E-state index in [-0.39, 0.29) is 30.1 Å². The molecule has 9 heteroatoms. The van der Waals surface area contributed by atoms with Gasteiger partial charge in [-0.2, -0.15) is 0 Å². The van der Waals surface area contributed by atoms with Crippen LogP contribution < -0.4 is 5.63 Å². The lowest BCUT2D eigenvalue weighted by molar-refractivity contribution is -0.274. The molecule has 5 N–H and O–H groups in total. The van der Waals surface area contributed by atoms with Gasteiger partial charge in [0, 0.05) is 23.3 Å². The fourth-order valence-electron chi connectivity index (χ4n) is 10.5. The Bertz CT molecular complexity index is 1170. The molecule has 13 atom stereocenters. The molecule has 1 aliphatic heterocycles. The highest BCUT2D eigenvalue weighted by molar-refractivity contribution is 5.52. The van der Waals surface area contributed by atoms with E-state index < -0.39 is 58.2 Å². The van der Waals surface area contributed by atoms with Crippen LogP contribution in [-0.2, 0) is 9.53 Å². The van der Waals surface area contributed by atoms with Crippen molar-refractivity contribution in [2.24, 2.45) is 28.6 Å². The summed E-state index contributed by atoms with van der Waals surface area (Å²) in [6, 6.07) is 3.25. The van der Waals surface area contributed by atoms with Crippen LogP contribution in [0.15, 0.2) is 27.6 Å². The summed E-state index contributed by atoms with van der Waals surface area (Å²) in [5.41, 5.74) is -2.71. The average molecular weight is 561 g/mol. The van der Waals surface area contributed by atoms with Crippen LogP contribution in [0, 0.1) is 28.6 Å². The number of carbonyl (C=O) groups excluding carboxylic acids is 1. The fourth-order valence-corrected chi connectivity index (χ4v) is 10.5. The molecule has 6 rings (SSSR count). The summed E-state index contributed by atoms with van der Waals surface area (Å²) in [6.45, 7) is 3.82. The first-order chi connectivity index (χ1) is 18.9. The number of aliphatic hydroxyl groups is 5. The maximum atomic E-state index is 12.5. The first-order valence-electron chi connectivity index (χ1n) is 15.1. The number of hydrogen-bond donors (Lipinski definition) is 5. The number of aldehydes is 1. The van der Waals surface area contributed by atoms with Crippen LogP contribution in [0.4, 0.5) is 0 Å². The van der Waals surface area contributed by atoms with Crippen LogP contribution >= 0.6 is 0 Å². The van der Waals surface area contributed by atoms with E-state index in [2.05, 4.69) is 6.92 Å². The number of aliphatic hydroxyl groups excluding tert-OH is 3. The number of hydrogen-bond acceptors (Lipinski definition) is 9. The van der Waals surface area contributed by atoms with E-state index in [1.165, 1.54) is 12.3 Å². The maximum absolute atomic E-state index is 12.5. The van der Waals surface area contributed by atoms with Gasteiger partial charge >= 0.3 is 5.63 Å². The lowest BCUT2D eigenvalue weighted by Gasteiger charge is -2.67. The molecule has 0 spiro atoms. The summed E-state index contributed by atoms with van der Waals surface area (Å²) in [5, 5.41) is 56.3. The Labute approximate surface area is 234 Å². The molecule has 4 aliphatic carbocycles. The van der Waals surface area contributed by atoms with E-state index in [4.69, 9.17) is 9.15 Å². The smallest absolute Gasteiger partial charge is 0.335 e. The molecule has 0 unspecified atom stereocenters. The minimum atomic E-state index is -1.32. The third kappa shape index (κ3) is 3.81. The lowest BCUT2D eigenvalue weighted by atomic mass is 9.40. The van der Waals surface area contributed by atoms with E-state index >= 15 is 0 Å². The molecule has 0 aromatic carbocycles. The van der Waals surface area contributed by atoms with E-state index in [0.717, 1.165) is 31.1 Å². The van der Waals surface area contributed by atoms with Crippen molar-refractivity contribution in [3.05, 3.63) is 34.4 Å². The Morgan fingerprint density at radius 1 is 0.950 bits per heavy atom. The normalized spacial score (nSPS) is 52.3. The van der Waals surface area contributed by atoms with Gasteiger partial charge in [-0.15, -0.1) is 0 Å². The highest BCUT2D eigenvalue weighted by atomic mass is 16.5. The summed E-state index contributed by atoms with van der Waals surface area (Å²) in [5.74, 6) is -0.291. The zero-order valence-corrected chi connectivity index (χ0v) is 23.4. The number of fused-ring (bicyclic) bond motifs is 5. The standard InChI is InChI=1S/C31H44O9/c1-17-24(34)25(35)26(36)27(40-17)18-5-10-29(13-14-32)21-6-9-28(2)20(19-3-4-23(33)39-16-19)8-12-31(28,38)22(21)7-11-30(29,37)15-18/h3-4,14,16-18,20-22,24-27,34-38H,5-13,15H2,1-2H3/t17-,18-,20+,21-,22+,24-,25+,26+,27-,28+,29-,30-,31-/m0/s1. The quantitative estimate of drug-likeness (QED) is 0.348. The highest BCUT2D eigenvalue weighted by Crippen LogP contribution is 2.72. The van der Waals surface area contributed by atoms with Crippen molar-refractivity contribution in [2.75, 3.05) is 0 Å². The van der Waals surface area contributed by atoms with Gasteiger partial charge in [0.05, 0.1) is 29.7 Å². The molecular weight excluding hydrogens is 516 g/mol. The van der Waals surface area contributed by atoms with Crippen molar-refractivity contribution >= 4 is 6.29 Å². The first kappa shape index (κ1) is 28.5. The summed E-state index contributed by atoms with van der Waals surface area (Å²) in [7, 11) is 0. The van der Waals surface area contributed by atoms with Gasteiger partial charge in [-0.25, -0.2) is 4.79 Å². The second kappa shape index (κ2) is 9.71. The van der Waals surface area contributed by atoms with Crippen molar-refractivity contribution in [3.8, 4) is 0 Å². The molecule has 1 aromatic heterocycles. The van der Waals surface area contributed by atoms with E-state index in [1.54, 1.807) is 6.92 Å². The Kier molecular flexibility index (Phi) is 6.92. The summed E-state index contributed by atoms with van der Waals surface area (Å²) < 4.78 is 11.2. The average Bonchev–Trinajstić information content (AvgIpc) is 3.21. The molecule has 0 radical (unpaired) electrons. The van der Waals surface area contributed by atoms with Gasteiger partial charge in [-0.1, -0.05) is 6.92 Å². The molecular formula is C31H44O9. The summed E-state index contributed by atoms with van der Waals surface area (Å²) in [4.78, 5) is 23.8. The molecule has 1 saturated heterocycles. The van der Waals surface area contributed by atoms with E-state index in [1.807, 2.05) is 6.07 Å². The molecule has 0 bridgehead atoms. The zero-order chi connectivity index (χ0) is 28.7. The van der Waals surface area contributed by atoms with Gasteiger partial charge in [0.2, 0.25) is 0 Å². The molecule has 40 heavy (non-hydrogen) atoms. The Morgan fingerprint density at radius 2 is 1.70 bits per heavy atom. The van der Waals surface area contributed by atoms with Gasteiger partial charge in [0.1, 0.15) is 24.6 Å². The van der Waals surface area contributed by atoms with Crippen molar-refractivity contribution in [1.29, 1.82) is 0 Å². The molecule has 5 aliphatic rings. The highest BCUT2D eigenvalue weighted by Gasteiger charge is 2.71. The van der Waals surface area contributed by atoms with Gasteiger partial charge in [-0.05, 0) is 100 Å². The molecule has 0 amide bonds. The third-order valence-electron chi connectivity index (χ3n) is 12.6. The Balaban J connectivity index is 1.30. The van der Waals surface area contributed by atoms with Crippen LogP contribution in [0.25, 0.3) is 0 Å². The Morgan fingerprint density at radius 3 is 2.40 bits per heavy atom. The largest absolute Gasteiger partial charge is 0.431 e. The van der Waals surface area contributed by atoms with Gasteiger partial charge in [0.15, 0.2) is 0 Å². The second-order valence-electron chi connectivity index (χ2n) is 14.0. The van der Waals surface area contributed by atoms with Crippen molar-refractivity contribution in [3.63, 3.8) is 0 Å². The van der Waals surface area contributed by atoms with E-state index in [0.29, 0.717) is 38.5 Å².